The Bertz CT molecular complexity index is 463. The molecule has 0 aromatic heterocycles. The second-order valence-corrected chi connectivity index (χ2v) is 6.42. The van der Waals surface area contributed by atoms with Crippen LogP contribution in [0, 0.1) is 5.92 Å². The SMILES string of the molecule is CC1CCN(C(=O)CCCOc2ccc(Br)cc2)C1CO. The number of carbonyl (C=O) groups excluding carboxylic acids is 1. The lowest BCUT2D eigenvalue weighted by Crippen LogP contribution is -2.39. The molecule has 2 atom stereocenters. The number of aliphatic hydroxyl groups is 1. The molecule has 1 fully saturated rings. The van der Waals surface area contributed by atoms with Crippen molar-refractivity contribution in [1.29, 1.82) is 0 Å². The minimum atomic E-state index is -0.00936. The molecule has 1 aliphatic heterocycles. The first-order valence-corrected chi connectivity index (χ1v) is 8.20. The lowest BCUT2D eigenvalue weighted by atomic mass is 10.0. The predicted molar refractivity (Wildman–Crippen MR) is 85.2 cm³/mol. The third kappa shape index (κ3) is 4.45. The first kappa shape index (κ1) is 16.3. The number of likely N-dealkylation sites (tertiary alicyclic amines) is 1. The van der Waals surface area contributed by atoms with Gasteiger partial charge in [-0.15, -0.1) is 0 Å². The summed E-state index contributed by atoms with van der Waals surface area (Å²) in [6.07, 6.45) is 2.14. The molecule has 21 heavy (non-hydrogen) atoms. The first-order valence-electron chi connectivity index (χ1n) is 7.40. The molecule has 1 saturated heterocycles. The van der Waals surface area contributed by atoms with E-state index in [4.69, 9.17) is 4.74 Å². The Morgan fingerprint density at radius 2 is 2.14 bits per heavy atom. The Kier molecular flexibility index (Phi) is 6.06. The molecule has 1 heterocycles. The van der Waals surface area contributed by atoms with Gasteiger partial charge in [-0.05, 0) is 43.0 Å². The van der Waals surface area contributed by atoms with E-state index in [1.165, 1.54) is 0 Å². The highest BCUT2D eigenvalue weighted by atomic mass is 79.9. The maximum absolute atomic E-state index is 12.2. The highest BCUT2D eigenvalue weighted by Crippen LogP contribution is 2.24. The number of halogens is 1. The molecule has 116 valence electrons. The summed E-state index contributed by atoms with van der Waals surface area (Å²) in [6, 6.07) is 7.65. The molecule has 1 amide bonds. The number of rotatable bonds is 6. The van der Waals surface area contributed by atoms with Gasteiger partial charge in [-0.3, -0.25) is 4.79 Å². The highest BCUT2D eigenvalue weighted by Gasteiger charge is 2.33. The standard InChI is InChI=1S/C16H22BrNO3/c1-12-8-9-18(15(12)11-19)16(20)3-2-10-21-14-6-4-13(17)5-7-14/h4-7,12,15,19H,2-3,8-11H2,1H3. The Balaban J connectivity index is 1.71. The molecule has 0 saturated carbocycles. The van der Waals surface area contributed by atoms with Crippen LogP contribution in [-0.4, -0.2) is 41.7 Å². The van der Waals surface area contributed by atoms with Crippen molar-refractivity contribution >= 4 is 21.8 Å². The Hall–Kier alpha value is -1.07. The van der Waals surface area contributed by atoms with Gasteiger partial charge in [0.25, 0.3) is 0 Å². The zero-order valence-corrected chi connectivity index (χ0v) is 13.9. The van der Waals surface area contributed by atoms with Crippen molar-refractivity contribution in [2.24, 2.45) is 5.92 Å². The van der Waals surface area contributed by atoms with Gasteiger partial charge >= 0.3 is 0 Å². The summed E-state index contributed by atoms with van der Waals surface area (Å²) in [7, 11) is 0. The zero-order valence-electron chi connectivity index (χ0n) is 12.3. The highest BCUT2D eigenvalue weighted by molar-refractivity contribution is 9.10. The van der Waals surface area contributed by atoms with E-state index >= 15 is 0 Å². The minimum absolute atomic E-state index is 0.00936. The second kappa shape index (κ2) is 7.80. The van der Waals surface area contributed by atoms with Crippen LogP contribution in [-0.2, 0) is 4.79 Å². The van der Waals surface area contributed by atoms with Crippen LogP contribution in [0.5, 0.6) is 5.75 Å². The van der Waals surface area contributed by atoms with Crippen LogP contribution < -0.4 is 4.74 Å². The number of nitrogens with zero attached hydrogens (tertiary/aromatic N) is 1. The van der Waals surface area contributed by atoms with E-state index in [0.717, 1.165) is 23.2 Å². The Morgan fingerprint density at radius 3 is 2.81 bits per heavy atom. The summed E-state index contributed by atoms with van der Waals surface area (Å²) in [5, 5.41) is 9.38. The number of benzene rings is 1. The van der Waals surface area contributed by atoms with Crippen molar-refractivity contribution in [2.45, 2.75) is 32.2 Å². The van der Waals surface area contributed by atoms with Crippen LogP contribution in [0.4, 0.5) is 0 Å². The molecule has 1 N–H and O–H groups in total. The van der Waals surface area contributed by atoms with E-state index in [2.05, 4.69) is 22.9 Å². The largest absolute Gasteiger partial charge is 0.494 e. The fourth-order valence-electron chi connectivity index (χ4n) is 2.68. The number of hydrogen-bond donors (Lipinski definition) is 1. The fourth-order valence-corrected chi connectivity index (χ4v) is 2.95. The number of aliphatic hydroxyl groups excluding tert-OH is 1. The molecule has 0 bridgehead atoms. The van der Waals surface area contributed by atoms with Gasteiger partial charge in [0.05, 0.1) is 19.3 Å². The summed E-state index contributed by atoms with van der Waals surface area (Å²) < 4.78 is 6.62. The van der Waals surface area contributed by atoms with E-state index in [1.54, 1.807) is 0 Å². The second-order valence-electron chi connectivity index (χ2n) is 5.51. The molecule has 0 radical (unpaired) electrons. The van der Waals surface area contributed by atoms with Crippen molar-refractivity contribution in [3.63, 3.8) is 0 Å². The molecule has 1 aliphatic rings. The summed E-state index contributed by atoms with van der Waals surface area (Å²) in [4.78, 5) is 14.0. The molecular weight excluding hydrogens is 334 g/mol. The van der Waals surface area contributed by atoms with Crippen molar-refractivity contribution in [3.8, 4) is 5.75 Å². The van der Waals surface area contributed by atoms with Crippen LogP contribution in [0.3, 0.4) is 0 Å². The molecule has 1 aromatic rings. The third-order valence-corrected chi connectivity index (χ3v) is 4.54. The van der Waals surface area contributed by atoms with Crippen LogP contribution in [0.2, 0.25) is 0 Å². The molecule has 4 nitrogen and oxygen atoms in total. The monoisotopic (exact) mass is 355 g/mol. The van der Waals surface area contributed by atoms with Gasteiger partial charge in [0.2, 0.25) is 5.91 Å². The lowest BCUT2D eigenvalue weighted by molar-refractivity contribution is -0.133. The first-order chi connectivity index (χ1) is 10.1. The number of ether oxygens (including phenoxy) is 1. The number of carbonyl (C=O) groups is 1. The molecule has 1 aromatic carbocycles. The van der Waals surface area contributed by atoms with Crippen molar-refractivity contribution in [1.82, 2.24) is 4.90 Å². The summed E-state index contributed by atoms with van der Waals surface area (Å²) >= 11 is 3.38. The van der Waals surface area contributed by atoms with Crippen molar-refractivity contribution < 1.29 is 14.6 Å². The van der Waals surface area contributed by atoms with Gasteiger partial charge in [-0.2, -0.15) is 0 Å². The molecular formula is C16H22BrNO3. The average molecular weight is 356 g/mol. The van der Waals surface area contributed by atoms with E-state index in [-0.39, 0.29) is 18.6 Å². The van der Waals surface area contributed by atoms with Gasteiger partial charge < -0.3 is 14.7 Å². The van der Waals surface area contributed by atoms with Gasteiger partial charge in [-0.1, -0.05) is 22.9 Å². The summed E-state index contributed by atoms with van der Waals surface area (Å²) in [5.74, 6) is 1.32. The summed E-state index contributed by atoms with van der Waals surface area (Å²) in [5.41, 5.74) is 0. The maximum Gasteiger partial charge on any atom is 0.223 e. The van der Waals surface area contributed by atoms with Crippen LogP contribution in [0.25, 0.3) is 0 Å². The van der Waals surface area contributed by atoms with E-state index < -0.39 is 0 Å². The smallest absolute Gasteiger partial charge is 0.223 e. The minimum Gasteiger partial charge on any atom is -0.494 e. The zero-order chi connectivity index (χ0) is 15.2. The molecule has 2 unspecified atom stereocenters. The predicted octanol–water partition coefficient (Wildman–Crippen LogP) is 2.84. The molecule has 2 rings (SSSR count). The molecule has 0 aliphatic carbocycles. The van der Waals surface area contributed by atoms with Crippen LogP contribution in [0.1, 0.15) is 26.2 Å². The van der Waals surface area contributed by atoms with Gasteiger partial charge in [-0.25, -0.2) is 0 Å². The molecule has 5 heteroatoms. The van der Waals surface area contributed by atoms with Gasteiger partial charge in [0.15, 0.2) is 0 Å². The fraction of sp³-hybridized carbons (Fsp3) is 0.562. The lowest BCUT2D eigenvalue weighted by Gasteiger charge is -2.25. The number of hydrogen-bond acceptors (Lipinski definition) is 3. The van der Waals surface area contributed by atoms with Crippen LogP contribution >= 0.6 is 15.9 Å². The Labute approximate surface area is 134 Å². The van der Waals surface area contributed by atoms with Crippen molar-refractivity contribution in [3.05, 3.63) is 28.7 Å². The van der Waals surface area contributed by atoms with E-state index in [0.29, 0.717) is 25.4 Å². The van der Waals surface area contributed by atoms with Gasteiger partial charge in [0, 0.05) is 17.4 Å². The van der Waals surface area contributed by atoms with Crippen LogP contribution in [0.15, 0.2) is 28.7 Å². The third-order valence-electron chi connectivity index (χ3n) is 4.01. The average Bonchev–Trinajstić information content (AvgIpc) is 2.86. The number of amides is 1. The van der Waals surface area contributed by atoms with E-state index in [1.807, 2.05) is 29.2 Å². The summed E-state index contributed by atoms with van der Waals surface area (Å²) in [6.45, 7) is 3.44. The molecule has 0 spiro atoms. The van der Waals surface area contributed by atoms with Gasteiger partial charge in [0.1, 0.15) is 5.75 Å². The van der Waals surface area contributed by atoms with Crippen molar-refractivity contribution in [2.75, 3.05) is 19.8 Å². The quantitative estimate of drug-likeness (QED) is 0.798. The Morgan fingerprint density at radius 1 is 1.43 bits per heavy atom. The van der Waals surface area contributed by atoms with E-state index in [9.17, 15) is 9.90 Å². The maximum atomic E-state index is 12.2. The normalized spacial score (nSPS) is 21.6. The topological polar surface area (TPSA) is 49.8 Å².